The van der Waals surface area contributed by atoms with Gasteiger partial charge in [0.25, 0.3) is 0 Å². The molecular formula is C18H16N2. The van der Waals surface area contributed by atoms with Crippen LogP contribution in [0.15, 0.2) is 48.7 Å². The molecule has 98 valence electrons. The van der Waals surface area contributed by atoms with Crippen LogP contribution >= 0.6 is 0 Å². The van der Waals surface area contributed by atoms with Crippen LogP contribution < -0.4 is 0 Å². The van der Waals surface area contributed by atoms with E-state index in [1.807, 2.05) is 6.20 Å². The van der Waals surface area contributed by atoms with Gasteiger partial charge in [-0.25, -0.2) is 0 Å². The van der Waals surface area contributed by atoms with Gasteiger partial charge in [-0.1, -0.05) is 18.2 Å². The van der Waals surface area contributed by atoms with E-state index in [1.165, 1.54) is 32.6 Å². The van der Waals surface area contributed by atoms with Crippen molar-refractivity contribution < 1.29 is 0 Å². The summed E-state index contributed by atoms with van der Waals surface area (Å²) in [5.74, 6) is 0. The second-order valence-electron chi connectivity index (χ2n) is 5.25. The molecule has 2 heteroatoms. The Hall–Kier alpha value is -2.35. The van der Waals surface area contributed by atoms with Crippen LogP contribution in [0, 0.1) is 6.92 Å². The molecule has 0 bridgehead atoms. The summed E-state index contributed by atoms with van der Waals surface area (Å²) >= 11 is 0. The lowest BCUT2D eigenvalue weighted by molar-refractivity contribution is 0.827. The highest BCUT2D eigenvalue weighted by Crippen LogP contribution is 2.32. The van der Waals surface area contributed by atoms with Crippen molar-refractivity contribution in [2.75, 3.05) is 0 Å². The van der Waals surface area contributed by atoms with Crippen molar-refractivity contribution >= 4 is 32.6 Å². The largest absolute Gasteiger partial charge is 0.341 e. The molecule has 4 rings (SSSR count). The van der Waals surface area contributed by atoms with E-state index in [2.05, 4.69) is 65.9 Å². The zero-order chi connectivity index (χ0) is 13.7. The van der Waals surface area contributed by atoms with Crippen molar-refractivity contribution in [3.05, 3.63) is 54.4 Å². The topological polar surface area (TPSA) is 17.8 Å². The third-order valence-corrected chi connectivity index (χ3v) is 4.17. The first-order valence-electron chi connectivity index (χ1n) is 7.06. The van der Waals surface area contributed by atoms with Crippen LogP contribution in [-0.2, 0) is 6.54 Å². The Morgan fingerprint density at radius 2 is 1.80 bits per heavy atom. The van der Waals surface area contributed by atoms with Gasteiger partial charge in [-0.3, -0.25) is 4.98 Å². The lowest BCUT2D eigenvalue weighted by Gasteiger charge is -2.05. The minimum atomic E-state index is 0.981. The fraction of sp³-hybridized carbons (Fsp3) is 0.167. The molecule has 4 aromatic rings. The molecular weight excluding hydrogens is 244 g/mol. The molecule has 0 unspecified atom stereocenters. The van der Waals surface area contributed by atoms with Crippen molar-refractivity contribution in [3.8, 4) is 0 Å². The highest BCUT2D eigenvalue weighted by Gasteiger charge is 2.10. The number of hydrogen-bond acceptors (Lipinski definition) is 1. The smallest absolute Gasteiger partial charge is 0.0498 e. The number of aromatic nitrogens is 2. The van der Waals surface area contributed by atoms with Crippen molar-refractivity contribution in [3.63, 3.8) is 0 Å². The number of para-hydroxylation sites is 1. The molecule has 0 aliphatic rings. The van der Waals surface area contributed by atoms with E-state index in [1.54, 1.807) is 0 Å². The van der Waals surface area contributed by atoms with Gasteiger partial charge >= 0.3 is 0 Å². The summed E-state index contributed by atoms with van der Waals surface area (Å²) in [5, 5.41) is 5.18. The molecule has 2 nitrogen and oxygen atoms in total. The van der Waals surface area contributed by atoms with E-state index < -0.39 is 0 Å². The van der Waals surface area contributed by atoms with Crippen molar-refractivity contribution in [2.45, 2.75) is 20.4 Å². The van der Waals surface area contributed by atoms with E-state index in [0.29, 0.717) is 0 Å². The number of benzene rings is 2. The Bertz CT molecular complexity index is 948. The van der Waals surface area contributed by atoms with Crippen molar-refractivity contribution in [1.29, 1.82) is 0 Å². The molecule has 0 spiro atoms. The number of pyridine rings is 1. The normalized spacial score (nSPS) is 11.7. The predicted octanol–water partition coefficient (Wildman–Crippen LogP) is 4.67. The zero-order valence-corrected chi connectivity index (χ0v) is 11.7. The van der Waals surface area contributed by atoms with Gasteiger partial charge in [0.1, 0.15) is 0 Å². The monoisotopic (exact) mass is 260 g/mol. The second kappa shape index (κ2) is 4.07. The third kappa shape index (κ3) is 1.42. The van der Waals surface area contributed by atoms with Gasteiger partial charge in [0.15, 0.2) is 0 Å². The van der Waals surface area contributed by atoms with Gasteiger partial charge in [0, 0.05) is 45.6 Å². The molecule has 0 saturated carbocycles. The molecule has 0 aliphatic heterocycles. The summed E-state index contributed by atoms with van der Waals surface area (Å²) in [6.07, 6.45) is 1.89. The van der Waals surface area contributed by atoms with Crippen LogP contribution in [-0.4, -0.2) is 9.55 Å². The SMILES string of the molecule is CCn1c2ccccc2c2cc3ccnc(C)c3cc21. The Morgan fingerprint density at radius 1 is 0.950 bits per heavy atom. The molecule has 2 heterocycles. The Labute approximate surface area is 117 Å². The Kier molecular flexibility index (Phi) is 2.34. The number of aryl methyl sites for hydroxylation is 2. The highest BCUT2D eigenvalue weighted by molar-refractivity contribution is 6.12. The predicted molar refractivity (Wildman–Crippen MR) is 85.2 cm³/mol. The van der Waals surface area contributed by atoms with Crippen LogP contribution in [0.2, 0.25) is 0 Å². The van der Waals surface area contributed by atoms with Crippen LogP contribution in [0.4, 0.5) is 0 Å². The van der Waals surface area contributed by atoms with Crippen LogP contribution in [0.5, 0.6) is 0 Å². The van der Waals surface area contributed by atoms with Crippen LogP contribution in [0.25, 0.3) is 32.6 Å². The fourth-order valence-electron chi connectivity index (χ4n) is 3.20. The standard InChI is InChI=1S/C18H16N2/c1-3-20-17-7-5-4-6-14(17)16-10-13-8-9-19-12(2)15(13)11-18(16)20/h4-11H,3H2,1-2H3. The van der Waals surface area contributed by atoms with Crippen LogP contribution in [0.3, 0.4) is 0 Å². The van der Waals surface area contributed by atoms with Gasteiger partial charge in [-0.05, 0) is 43.5 Å². The number of nitrogens with zero attached hydrogens (tertiary/aromatic N) is 2. The molecule has 20 heavy (non-hydrogen) atoms. The molecule has 0 amide bonds. The van der Waals surface area contributed by atoms with E-state index in [9.17, 15) is 0 Å². The first-order valence-corrected chi connectivity index (χ1v) is 7.06. The quantitative estimate of drug-likeness (QED) is 0.486. The maximum absolute atomic E-state index is 4.41. The summed E-state index contributed by atoms with van der Waals surface area (Å²) in [6, 6.07) is 15.3. The summed E-state index contributed by atoms with van der Waals surface area (Å²) in [6.45, 7) is 5.26. The van der Waals surface area contributed by atoms with Crippen molar-refractivity contribution in [2.24, 2.45) is 0 Å². The van der Waals surface area contributed by atoms with Gasteiger partial charge < -0.3 is 4.57 Å². The van der Waals surface area contributed by atoms with E-state index >= 15 is 0 Å². The fourth-order valence-corrected chi connectivity index (χ4v) is 3.20. The van der Waals surface area contributed by atoms with Gasteiger partial charge in [-0.15, -0.1) is 0 Å². The maximum atomic E-state index is 4.41. The molecule has 0 saturated heterocycles. The average Bonchev–Trinajstić information content (AvgIpc) is 2.79. The van der Waals surface area contributed by atoms with Crippen LogP contribution in [0.1, 0.15) is 12.6 Å². The number of hydrogen-bond donors (Lipinski definition) is 0. The molecule has 2 aromatic carbocycles. The van der Waals surface area contributed by atoms with Gasteiger partial charge in [-0.2, -0.15) is 0 Å². The summed E-state index contributed by atoms with van der Waals surface area (Å²) in [5.41, 5.74) is 3.71. The number of fused-ring (bicyclic) bond motifs is 4. The minimum absolute atomic E-state index is 0.981. The summed E-state index contributed by atoms with van der Waals surface area (Å²) in [7, 11) is 0. The van der Waals surface area contributed by atoms with E-state index in [-0.39, 0.29) is 0 Å². The minimum Gasteiger partial charge on any atom is -0.341 e. The number of rotatable bonds is 1. The first-order chi connectivity index (χ1) is 9.79. The highest BCUT2D eigenvalue weighted by atomic mass is 15.0. The van der Waals surface area contributed by atoms with Crippen molar-refractivity contribution in [1.82, 2.24) is 9.55 Å². The lowest BCUT2D eigenvalue weighted by Crippen LogP contribution is -1.93. The molecule has 0 atom stereocenters. The summed E-state index contributed by atoms with van der Waals surface area (Å²) < 4.78 is 2.39. The molecule has 0 aliphatic carbocycles. The third-order valence-electron chi connectivity index (χ3n) is 4.17. The van der Waals surface area contributed by atoms with Gasteiger partial charge in [0.05, 0.1) is 0 Å². The second-order valence-corrected chi connectivity index (χ2v) is 5.25. The lowest BCUT2D eigenvalue weighted by atomic mass is 10.1. The Morgan fingerprint density at radius 3 is 2.65 bits per heavy atom. The molecule has 0 fully saturated rings. The molecule has 0 radical (unpaired) electrons. The molecule has 2 aromatic heterocycles. The zero-order valence-electron chi connectivity index (χ0n) is 11.7. The average molecular weight is 260 g/mol. The summed E-state index contributed by atoms with van der Waals surface area (Å²) in [4.78, 5) is 4.41. The Balaban J connectivity index is 2.29. The first kappa shape index (κ1) is 11.5. The van der Waals surface area contributed by atoms with E-state index in [4.69, 9.17) is 0 Å². The maximum Gasteiger partial charge on any atom is 0.0498 e. The van der Waals surface area contributed by atoms with E-state index in [0.717, 1.165) is 12.2 Å². The molecule has 0 N–H and O–H groups in total. The van der Waals surface area contributed by atoms with Gasteiger partial charge in [0.2, 0.25) is 0 Å².